The first-order valence-electron chi connectivity index (χ1n) is 6.91. The number of rotatable bonds is 3. The Bertz CT molecular complexity index is 549. The van der Waals surface area contributed by atoms with Crippen LogP contribution >= 0.6 is 15.9 Å². The summed E-state index contributed by atoms with van der Waals surface area (Å²) in [6.45, 7) is 4.21. The van der Waals surface area contributed by atoms with E-state index in [0.717, 1.165) is 40.9 Å². The summed E-state index contributed by atoms with van der Waals surface area (Å²) in [5.41, 5.74) is 2.87. The summed E-state index contributed by atoms with van der Waals surface area (Å²) in [5.74, 6) is -0.00708. The van der Waals surface area contributed by atoms with Crippen LogP contribution in [0.4, 0.5) is 11.4 Å². The summed E-state index contributed by atoms with van der Waals surface area (Å²) >= 11 is 3.59. The van der Waals surface area contributed by atoms with Crippen LogP contribution in [0.25, 0.3) is 0 Å². The minimum atomic E-state index is -0.274. The van der Waals surface area contributed by atoms with Gasteiger partial charge in [-0.1, -0.05) is 6.92 Å². The number of aliphatic hydroxyl groups is 1. The highest BCUT2D eigenvalue weighted by molar-refractivity contribution is 9.10. The molecule has 0 aliphatic carbocycles. The predicted octanol–water partition coefficient (Wildman–Crippen LogP) is 1.62. The molecule has 5 nitrogen and oxygen atoms in total. The molecule has 2 unspecified atom stereocenters. The summed E-state index contributed by atoms with van der Waals surface area (Å²) in [6, 6.07) is 3.72. The minimum absolute atomic E-state index is 0.00708. The number of benzene rings is 1. The summed E-state index contributed by atoms with van der Waals surface area (Å²) in [7, 11) is 0. The average molecular weight is 340 g/mol. The zero-order chi connectivity index (χ0) is 14.3. The number of fused-ring (bicyclic) bond motifs is 1. The molecular formula is C14H18BrN3O2. The van der Waals surface area contributed by atoms with E-state index in [0.29, 0.717) is 6.54 Å². The van der Waals surface area contributed by atoms with Crippen molar-refractivity contribution in [3.8, 4) is 0 Å². The van der Waals surface area contributed by atoms with Gasteiger partial charge >= 0.3 is 0 Å². The van der Waals surface area contributed by atoms with Crippen molar-refractivity contribution in [1.82, 2.24) is 5.32 Å². The van der Waals surface area contributed by atoms with Gasteiger partial charge in [-0.15, -0.1) is 0 Å². The van der Waals surface area contributed by atoms with Crippen LogP contribution in [0.2, 0.25) is 0 Å². The summed E-state index contributed by atoms with van der Waals surface area (Å²) in [6.07, 6.45) is 0.523. The maximum atomic E-state index is 12.0. The van der Waals surface area contributed by atoms with Crippen LogP contribution in [-0.4, -0.2) is 36.8 Å². The van der Waals surface area contributed by atoms with Gasteiger partial charge in [-0.25, -0.2) is 0 Å². The molecule has 2 aliphatic heterocycles. The van der Waals surface area contributed by atoms with Crippen molar-refractivity contribution >= 4 is 33.2 Å². The summed E-state index contributed by atoms with van der Waals surface area (Å²) in [5, 5.41) is 15.8. The molecule has 2 heterocycles. The van der Waals surface area contributed by atoms with Crippen molar-refractivity contribution in [2.75, 3.05) is 29.9 Å². The Morgan fingerprint density at radius 3 is 3.00 bits per heavy atom. The van der Waals surface area contributed by atoms with E-state index in [1.165, 1.54) is 0 Å². The van der Waals surface area contributed by atoms with Gasteiger partial charge < -0.3 is 20.6 Å². The Hall–Kier alpha value is -1.11. The van der Waals surface area contributed by atoms with Gasteiger partial charge in [0.1, 0.15) is 6.04 Å². The second kappa shape index (κ2) is 5.35. The summed E-state index contributed by atoms with van der Waals surface area (Å²) < 4.78 is 0.963. The van der Waals surface area contributed by atoms with Crippen LogP contribution in [0.1, 0.15) is 24.9 Å². The van der Waals surface area contributed by atoms with E-state index in [4.69, 9.17) is 0 Å². The van der Waals surface area contributed by atoms with E-state index in [1.54, 1.807) is 0 Å². The van der Waals surface area contributed by atoms with Crippen molar-refractivity contribution in [3.63, 3.8) is 0 Å². The van der Waals surface area contributed by atoms with Crippen molar-refractivity contribution in [3.05, 3.63) is 22.2 Å². The number of halogens is 1. The Morgan fingerprint density at radius 1 is 1.55 bits per heavy atom. The molecule has 1 aromatic carbocycles. The SMILES string of the molecule is CCNC1C(=O)Nc2cc(N3CCC(O)C3)c(Br)cc21. The first-order valence-corrected chi connectivity index (χ1v) is 7.70. The molecule has 1 amide bonds. The number of carbonyl (C=O) groups is 1. The summed E-state index contributed by atoms with van der Waals surface area (Å²) in [4.78, 5) is 14.1. The average Bonchev–Trinajstić information content (AvgIpc) is 2.95. The number of carbonyl (C=O) groups excluding carboxylic acids is 1. The molecule has 0 bridgehead atoms. The number of likely N-dealkylation sites (N-methyl/N-ethyl adjacent to an activating group) is 1. The maximum absolute atomic E-state index is 12.0. The Kier molecular flexibility index (Phi) is 3.70. The van der Waals surface area contributed by atoms with Crippen LogP contribution in [-0.2, 0) is 4.79 Å². The van der Waals surface area contributed by atoms with Gasteiger partial charge in [-0.2, -0.15) is 0 Å². The number of hydrogen-bond donors (Lipinski definition) is 3. The van der Waals surface area contributed by atoms with Crippen molar-refractivity contribution < 1.29 is 9.90 Å². The second-order valence-corrected chi connectivity index (χ2v) is 6.11. The lowest BCUT2D eigenvalue weighted by Gasteiger charge is -2.21. The molecule has 0 spiro atoms. The lowest BCUT2D eigenvalue weighted by atomic mass is 10.1. The highest BCUT2D eigenvalue weighted by Gasteiger charge is 2.32. The number of anilines is 2. The number of aliphatic hydroxyl groups excluding tert-OH is 1. The van der Waals surface area contributed by atoms with Gasteiger partial charge in [0.15, 0.2) is 0 Å². The third-order valence-electron chi connectivity index (χ3n) is 3.86. The first kappa shape index (κ1) is 13.9. The first-order chi connectivity index (χ1) is 9.60. The molecule has 0 saturated carbocycles. The molecule has 1 fully saturated rings. The maximum Gasteiger partial charge on any atom is 0.246 e. The quantitative estimate of drug-likeness (QED) is 0.783. The number of nitrogens with one attached hydrogen (secondary N) is 2. The van der Waals surface area contributed by atoms with Crippen LogP contribution in [0.5, 0.6) is 0 Å². The van der Waals surface area contributed by atoms with E-state index in [2.05, 4.69) is 31.5 Å². The molecule has 6 heteroatoms. The third kappa shape index (κ3) is 2.32. The number of nitrogens with zero attached hydrogens (tertiary/aromatic N) is 1. The number of hydrogen-bond acceptors (Lipinski definition) is 4. The minimum Gasteiger partial charge on any atom is -0.391 e. The fraction of sp³-hybridized carbons (Fsp3) is 0.500. The standard InChI is InChI=1S/C14H18BrN3O2/c1-2-16-13-9-5-10(15)12(6-11(9)17-14(13)20)18-4-3-8(19)7-18/h5-6,8,13,16,19H,2-4,7H2,1H3,(H,17,20). The van der Waals surface area contributed by atoms with Crippen molar-refractivity contribution in [2.45, 2.75) is 25.5 Å². The van der Waals surface area contributed by atoms with E-state index < -0.39 is 0 Å². The lowest BCUT2D eigenvalue weighted by Crippen LogP contribution is -2.27. The molecule has 2 aliphatic rings. The molecule has 0 aromatic heterocycles. The van der Waals surface area contributed by atoms with Crippen LogP contribution in [0.15, 0.2) is 16.6 Å². The van der Waals surface area contributed by atoms with Crippen LogP contribution in [0.3, 0.4) is 0 Å². The third-order valence-corrected chi connectivity index (χ3v) is 4.50. The fourth-order valence-electron chi connectivity index (χ4n) is 2.88. The van der Waals surface area contributed by atoms with Gasteiger partial charge in [0.05, 0.1) is 11.8 Å². The number of amides is 1. The Labute approximate surface area is 126 Å². The molecule has 2 atom stereocenters. The van der Waals surface area contributed by atoms with E-state index >= 15 is 0 Å². The van der Waals surface area contributed by atoms with Crippen molar-refractivity contribution in [2.24, 2.45) is 0 Å². The molecule has 20 heavy (non-hydrogen) atoms. The normalized spacial score (nSPS) is 24.9. The fourth-order valence-corrected chi connectivity index (χ4v) is 3.49. The monoisotopic (exact) mass is 339 g/mol. The van der Waals surface area contributed by atoms with Crippen LogP contribution in [0, 0.1) is 0 Å². The Morgan fingerprint density at radius 2 is 2.35 bits per heavy atom. The topological polar surface area (TPSA) is 64.6 Å². The van der Waals surface area contributed by atoms with Gasteiger partial charge in [-0.05, 0) is 41.0 Å². The zero-order valence-electron chi connectivity index (χ0n) is 11.3. The van der Waals surface area contributed by atoms with Gasteiger partial charge in [0.2, 0.25) is 5.91 Å². The van der Waals surface area contributed by atoms with Crippen molar-refractivity contribution in [1.29, 1.82) is 0 Å². The Balaban J connectivity index is 1.94. The smallest absolute Gasteiger partial charge is 0.246 e. The van der Waals surface area contributed by atoms with Crippen LogP contribution < -0.4 is 15.5 Å². The number of β-amino-alcohol motifs (C(OH)–C–C–N with tert-alkyl or cyclic N) is 1. The molecule has 3 N–H and O–H groups in total. The highest BCUT2D eigenvalue weighted by Crippen LogP contribution is 2.39. The van der Waals surface area contributed by atoms with E-state index in [9.17, 15) is 9.90 Å². The van der Waals surface area contributed by atoms with Gasteiger partial charge in [0.25, 0.3) is 0 Å². The lowest BCUT2D eigenvalue weighted by molar-refractivity contribution is -0.117. The highest BCUT2D eigenvalue weighted by atomic mass is 79.9. The molecule has 3 rings (SSSR count). The second-order valence-electron chi connectivity index (χ2n) is 5.26. The van der Waals surface area contributed by atoms with Gasteiger partial charge in [-0.3, -0.25) is 4.79 Å². The van der Waals surface area contributed by atoms with E-state index in [1.807, 2.05) is 19.1 Å². The molecule has 1 saturated heterocycles. The molecule has 1 aromatic rings. The zero-order valence-corrected chi connectivity index (χ0v) is 12.9. The molecule has 108 valence electrons. The predicted molar refractivity (Wildman–Crippen MR) is 82.0 cm³/mol. The van der Waals surface area contributed by atoms with Gasteiger partial charge in [0, 0.05) is 28.8 Å². The molecule has 0 radical (unpaired) electrons. The largest absolute Gasteiger partial charge is 0.391 e. The van der Waals surface area contributed by atoms with E-state index in [-0.39, 0.29) is 18.1 Å². The molecular weight excluding hydrogens is 322 g/mol.